The zero-order chi connectivity index (χ0) is 22.2. The van der Waals surface area contributed by atoms with E-state index in [1.807, 2.05) is 12.1 Å². The summed E-state index contributed by atoms with van der Waals surface area (Å²) in [5.41, 5.74) is 3.67. The summed E-state index contributed by atoms with van der Waals surface area (Å²) >= 11 is 0. The predicted octanol–water partition coefficient (Wildman–Crippen LogP) is 5.52. The molecule has 0 fully saturated rings. The van der Waals surface area contributed by atoms with Crippen molar-refractivity contribution in [1.29, 1.82) is 0 Å². The van der Waals surface area contributed by atoms with Crippen LogP contribution < -0.4 is 9.47 Å². The number of ether oxygens (including phenoxy) is 2. The van der Waals surface area contributed by atoms with Crippen molar-refractivity contribution in [2.45, 2.75) is 33.1 Å². The molecule has 1 aliphatic heterocycles. The average Bonchev–Trinajstić information content (AvgIpc) is 3.04. The van der Waals surface area contributed by atoms with Crippen molar-refractivity contribution in [1.82, 2.24) is 4.98 Å². The molecular weight excluding hydrogens is 390 g/mol. The highest BCUT2D eigenvalue weighted by Gasteiger charge is 2.30. The number of aromatic nitrogens is 1. The quantitative estimate of drug-likeness (QED) is 0.321. The number of fused-ring (bicyclic) bond motifs is 1. The van der Waals surface area contributed by atoms with Gasteiger partial charge in [-0.3, -0.25) is 9.78 Å². The second kappa shape index (κ2) is 7.84. The molecule has 0 aliphatic carbocycles. The molecule has 0 saturated heterocycles. The van der Waals surface area contributed by atoms with E-state index in [9.17, 15) is 9.59 Å². The number of rotatable bonds is 3. The van der Waals surface area contributed by atoms with Gasteiger partial charge in [-0.05, 0) is 53.3 Å². The summed E-state index contributed by atoms with van der Waals surface area (Å²) in [7, 11) is 0. The zero-order valence-electron chi connectivity index (χ0n) is 17.9. The van der Waals surface area contributed by atoms with Crippen LogP contribution in [0.1, 0.15) is 58.2 Å². The third-order valence-corrected chi connectivity index (χ3v) is 5.13. The fourth-order valence-corrected chi connectivity index (χ4v) is 3.42. The first-order valence-corrected chi connectivity index (χ1v) is 10.0. The Morgan fingerprint density at radius 2 is 1.84 bits per heavy atom. The Hall–Kier alpha value is -3.73. The van der Waals surface area contributed by atoms with Crippen LogP contribution >= 0.6 is 0 Å². The van der Waals surface area contributed by atoms with Crippen molar-refractivity contribution in [3.63, 3.8) is 0 Å². The smallest absolute Gasteiger partial charge is 0.345 e. The predicted molar refractivity (Wildman–Crippen MR) is 118 cm³/mol. The van der Waals surface area contributed by atoms with Crippen LogP contribution in [-0.2, 0) is 5.41 Å². The summed E-state index contributed by atoms with van der Waals surface area (Å²) < 4.78 is 11.3. The maximum Gasteiger partial charge on any atom is 0.345 e. The molecule has 1 aliphatic rings. The van der Waals surface area contributed by atoms with Crippen molar-refractivity contribution < 1.29 is 19.1 Å². The number of allylic oxidation sites excluding steroid dienone is 1. The Labute approximate surface area is 181 Å². The molecule has 0 N–H and O–H groups in total. The topological polar surface area (TPSA) is 65.5 Å². The minimum absolute atomic E-state index is 0.0579. The van der Waals surface area contributed by atoms with E-state index in [1.54, 1.807) is 43.5 Å². The van der Waals surface area contributed by atoms with Crippen LogP contribution in [0.15, 0.2) is 66.7 Å². The average molecular weight is 413 g/mol. The molecule has 2 aromatic carbocycles. The van der Waals surface area contributed by atoms with Crippen molar-refractivity contribution in [3.8, 4) is 11.5 Å². The van der Waals surface area contributed by atoms with Gasteiger partial charge in [-0.2, -0.15) is 0 Å². The zero-order valence-corrected chi connectivity index (χ0v) is 17.9. The van der Waals surface area contributed by atoms with Crippen molar-refractivity contribution in [3.05, 3.63) is 94.5 Å². The lowest BCUT2D eigenvalue weighted by Crippen LogP contribution is -2.10. The summed E-state index contributed by atoms with van der Waals surface area (Å²) in [5, 5.41) is 0. The van der Waals surface area contributed by atoms with Gasteiger partial charge in [-0.15, -0.1) is 0 Å². The summed E-state index contributed by atoms with van der Waals surface area (Å²) in [4.78, 5) is 29.1. The first-order chi connectivity index (χ1) is 14.7. The van der Waals surface area contributed by atoms with E-state index in [4.69, 9.17) is 9.47 Å². The largest absolute Gasteiger partial charge is 0.452 e. The molecule has 3 aromatic rings. The lowest BCUT2D eigenvalue weighted by atomic mass is 9.86. The molecule has 0 saturated carbocycles. The number of carbonyl (C=O) groups excluding carboxylic acids is 2. The fraction of sp³-hybridized carbons (Fsp3) is 0.192. The van der Waals surface area contributed by atoms with E-state index >= 15 is 0 Å². The van der Waals surface area contributed by atoms with Gasteiger partial charge in [-0.1, -0.05) is 45.0 Å². The van der Waals surface area contributed by atoms with Gasteiger partial charge in [0.15, 0.2) is 5.76 Å². The van der Waals surface area contributed by atoms with E-state index in [0.717, 1.165) is 5.56 Å². The summed E-state index contributed by atoms with van der Waals surface area (Å²) in [6.45, 7) is 8.26. The first kappa shape index (κ1) is 20.5. The molecule has 31 heavy (non-hydrogen) atoms. The monoisotopic (exact) mass is 413 g/mol. The normalized spacial score (nSPS) is 14.3. The minimum Gasteiger partial charge on any atom is -0.452 e. The van der Waals surface area contributed by atoms with Crippen LogP contribution in [0.3, 0.4) is 0 Å². The molecule has 1 aromatic heterocycles. The van der Waals surface area contributed by atoms with Gasteiger partial charge in [0, 0.05) is 18.5 Å². The summed E-state index contributed by atoms with van der Waals surface area (Å²) in [5.74, 6) is 0.242. The molecule has 0 radical (unpaired) electrons. The highest BCUT2D eigenvalue weighted by atomic mass is 16.5. The third kappa shape index (κ3) is 4.26. The number of ketones is 1. The van der Waals surface area contributed by atoms with Gasteiger partial charge in [0.05, 0.1) is 11.1 Å². The molecule has 5 nitrogen and oxygen atoms in total. The summed E-state index contributed by atoms with van der Waals surface area (Å²) in [6, 6.07) is 14.6. The second-order valence-corrected chi connectivity index (χ2v) is 8.56. The Balaban J connectivity index is 1.58. The fourth-order valence-electron chi connectivity index (χ4n) is 3.42. The Morgan fingerprint density at radius 3 is 2.48 bits per heavy atom. The number of esters is 1. The van der Waals surface area contributed by atoms with E-state index in [0.29, 0.717) is 28.2 Å². The van der Waals surface area contributed by atoms with Gasteiger partial charge in [-0.25, -0.2) is 4.79 Å². The van der Waals surface area contributed by atoms with Crippen LogP contribution in [0, 0.1) is 6.92 Å². The maximum atomic E-state index is 12.9. The maximum absolute atomic E-state index is 12.9. The van der Waals surface area contributed by atoms with Crippen LogP contribution in [0.4, 0.5) is 0 Å². The van der Waals surface area contributed by atoms with Crippen molar-refractivity contribution >= 4 is 17.8 Å². The van der Waals surface area contributed by atoms with Gasteiger partial charge in [0.2, 0.25) is 5.78 Å². The number of hydrogen-bond donors (Lipinski definition) is 0. The summed E-state index contributed by atoms with van der Waals surface area (Å²) in [6.07, 6.45) is 4.75. The van der Waals surface area contributed by atoms with Crippen LogP contribution in [-0.4, -0.2) is 16.7 Å². The van der Waals surface area contributed by atoms with E-state index in [1.165, 1.54) is 11.8 Å². The molecular formula is C26H23NO4. The minimum atomic E-state index is -0.522. The standard InChI is InChI=1S/C26H23NO4/c1-16-12-20(30-25(29)18-6-5-11-27-15-18)14-21-23(16)24(28)22(31-21)13-17-7-9-19(10-8-17)26(2,3)4/h5-15H,1-4H3/b22-13-. The molecule has 5 heteroatoms. The Kier molecular flexibility index (Phi) is 5.19. The number of benzene rings is 2. The van der Waals surface area contributed by atoms with Crippen LogP contribution in [0.5, 0.6) is 11.5 Å². The lowest BCUT2D eigenvalue weighted by Gasteiger charge is -2.18. The number of Topliss-reactive ketones (excluding diaryl/α,β-unsaturated/α-hetero) is 1. The number of aryl methyl sites for hydroxylation is 1. The molecule has 4 rings (SSSR count). The van der Waals surface area contributed by atoms with Crippen LogP contribution in [0.2, 0.25) is 0 Å². The van der Waals surface area contributed by atoms with Gasteiger partial charge >= 0.3 is 5.97 Å². The molecule has 0 bridgehead atoms. The van der Waals surface area contributed by atoms with Crippen molar-refractivity contribution in [2.24, 2.45) is 0 Å². The Morgan fingerprint density at radius 1 is 1.10 bits per heavy atom. The van der Waals surface area contributed by atoms with Gasteiger partial charge in [0.1, 0.15) is 11.5 Å². The highest BCUT2D eigenvalue weighted by molar-refractivity contribution is 6.15. The lowest BCUT2D eigenvalue weighted by molar-refractivity contribution is 0.0734. The molecule has 0 unspecified atom stereocenters. The van der Waals surface area contributed by atoms with Gasteiger partial charge < -0.3 is 9.47 Å². The first-order valence-electron chi connectivity index (χ1n) is 10.0. The molecule has 156 valence electrons. The SMILES string of the molecule is Cc1cc(OC(=O)c2cccnc2)cc2c1C(=O)/C(=C/c1ccc(C(C)(C)C)cc1)O2. The van der Waals surface area contributed by atoms with E-state index in [-0.39, 0.29) is 17.0 Å². The molecule has 0 amide bonds. The van der Waals surface area contributed by atoms with Crippen molar-refractivity contribution in [2.75, 3.05) is 0 Å². The van der Waals surface area contributed by atoms with Crippen LogP contribution in [0.25, 0.3) is 6.08 Å². The number of carbonyl (C=O) groups is 2. The molecule has 0 spiro atoms. The number of nitrogens with zero attached hydrogens (tertiary/aromatic N) is 1. The van der Waals surface area contributed by atoms with E-state index in [2.05, 4.69) is 37.9 Å². The Bertz CT molecular complexity index is 1190. The number of pyridine rings is 1. The molecule has 2 heterocycles. The highest BCUT2D eigenvalue weighted by Crippen LogP contribution is 2.37. The third-order valence-electron chi connectivity index (χ3n) is 5.13. The second-order valence-electron chi connectivity index (χ2n) is 8.56. The number of hydrogen-bond acceptors (Lipinski definition) is 5. The molecule has 0 atom stereocenters. The van der Waals surface area contributed by atoms with Gasteiger partial charge in [0.25, 0.3) is 0 Å². The van der Waals surface area contributed by atoms with E-state index < -0.39 is 5.97 Å².